The first-order chi connectivity index (χ1) is 10.0. The summed E-state index contributed by atoms with van der Waals surface area (Å²) in [5.74, 6) is 0.500. The molecule has 1 aromatic rings. The average molecular weight is 308 g/mol. The number of fused-ring (bicyclic) bond motifs is 1. The lowest BCUT2D eigenvalue weighted by Gasteiger charge is -2.29. The van der Waals surface area contributed by atoms with Crippen molar-refractivity contribution < 1.29 is 14.6 Å². The molecule has 1 amide bonds. The Morgan fingerprint density at radius 2 is 2.14 bits per heavy atom. The standard InChI is InChI=1S/C16H18ClNO3/c1-9-7-10(17)13(12(8-9)21-2)14-15(19)11-5-3-4-6-18(11)16(14)20/h7-8,11,19H,3-6H2,1-2H3. The van der Waals surface area contributed by atoms with Crippen LogP contribution in [0, 0.1) is 6.92 Å². The van der Waals surface area contributed by atoms with E-state index in [0.29, 0.717) is 28.5 Å². The maximum atomic E-state index is 12.6. The number of hydrogen-bond acceptors (Lipinski definition) is 3. The third-order valence-corrected chi connectivity index (χ3v) is 4.52. The molecule has 1 unspecified atom stereocenters. The molecule has 1 aromatic carbocycles. The summed E-state index contributed by atoms with van der Waals surface area (Å²) in [5.41, 5.74) is 1.74. The molecule has 1 N–H and O–H groups in total. The van der Waals surface area contributed by atoms with E-state index in [-0.39, 0.29) is 17.7 Å². The van der Waals surface area contributed by atoms with E-state index in [1.807, 2.05) is 13.0 Å². The number of aliphatic hydroxyl groups excluding tert-OH is 1. The van der Waals surface area contributed by atoms with Gasteiger partial charge in [0.2, 0.25) is 0 Å². The van der Waals surface area contributed by atoms with Crippen molar-refractivity contribution in [3.8, 4) is 5.75 Å². The SMILES string of the molecule is COc1cc(C)cc(Cl)c1C1=C(O)C2CCCCN2C1=O. The third kappa shape index (κ3) is 2.18. The van der Waals surface area contributed by atoms with Crippen molar-refractivity contribution in [2.24, 2.45) is 0 Å². The lowest BCUT2D eigenvalue weighted by Crippen LogP contribution is -2.39. The summed E-state index contributed by atoms with van der Waals surface area (Å²) in [6.07, 6.45) is 2.79. The van der Waals surface area contributed by atoms with Gasteiger partial charge in [-0.15, -0.1) is 0 Å². The van der Waals surface area contributed by atoms with Crippen LogP contribution in [0.5, 0.6) is 5.75 Å². The Labute approximate surface area is 129 Å². The highest BCUT2D eigenvalue weighted by molar-refractivity contribution is 6.36. The number of hydrogen-bond donors (Lipinski definition) is 1. The van der Waals surface area contributed by atoms with Crippen molar-refractivity contribution >= 4 is 23.1 Å². The predicted octanol–water partition coefficient (Wildman–Crippen LogP) is 3.32. The number of carbonyl (C=O) groups excluding carboxylic acids is 1. The van der Waals surface area contributed by atoms with Gasteiger partial charge in [-0.05, 0) is 43.9 Å². The molecule has 5 heteroatoms. The van der Waals surface area contributed by atoms with Crippen LogP contribution in [0.3, 0.4) is 0 Å². The highest BCUT2D eigenvalue weighted by atomic mass is 35.5. The van der Waals surface area contributed by atoms with Gasteiger partial charge in [-0.3, -0.25) is 4.79 Å². The van der Waals surface area contributed by atoms with Crippen molar-refractivity contribution in [3.05, 3.63) is 34.0 Å². The molecule has 3 rings (SSSR count). The second kappa shape index (κ2) is 5.26. The molecule has 2 aliphatic heterocycles. The van der Waals surface area contributed by atoms with Crippen LogP contribution in [-0.2, 0) is 4.79 Å². The molecule has 0 saturated carbocycles. The molecule has 2 heterocycles. The molecule has 1 fully saturated rings. The molecule has 4 nitrogen and oxygen atoms in total. The Morgan fingerprint density at radius 3 is 2.81 bits per heavy atom. The van der Waals surface area contributed by atoms with E-state index >= 15 is 0 Å². The summed E-state index contributed by atoms with van der Waals surface area (Å²) in [6, 6.07) is 3.40. The quantitative estimate of drug-likeness (QED) is 0.912. The monoisotopic (exact) mass is 307 g/mol. The highest BCUT2D eigenvalue weighted by Crippen LogP contribution is 2.42. The van der Waals surface area contributed by atoms with Gasteiger partial charge >= 0.3 is 0 Å². The second-order valence-electron chi connectivity index (χ2n) is 5.59. The summed E-state index contributed by atoms with van der Waals surface area (Å²) >= 11 is 6.33. The van der Waals surface area contributed by atoms with Gasteiger partial charge in [0.15, 0.2) is 0 Å². The van der Waals surface area contributed by atoms with Gasteiger partial charge in [0.25, 0.3) is 5.91 Å². The molecule has 0 bridgehead atoms. The van der Waals surface area contributed by atoms with Gasteiger partial charge in [0.05, 0.1) is 29.3 Å². The summed E-state index contributed by atoms with van der Waals surface area (Å²) in [4.78, 5) is 14.4. The Kier molecular flexibility index (Phi) is 3.57. The van der Waals surface area contributed by atoms with Crippen LogP contribution >= 0.6 is 11.6 Å². The Morgan fingerprint density at radius 1 is 1.38 bits per heavy atom. The first kappa shape index (κ1) is 14.3. The van der Waals surface area contributed by atoms with Crippen LogP contribution in [-0.4, -0.2) is 35.6 Å². The van der Waals surface area contributed by atoms with Crippen LogP contribution in [0.25, 0.3) is 5.57 Å². The highest BCUT2D eigenvalue weighted by Gasteiger charge is 2.42. The van der Waals surface area contributed by atoms with Crippen LogP contribution in [0.15, 0.2) is 17.9 Å². The van der Waals surface area contributed by atoms with E-state index in [1.165, 1.54) is 0 Å². The molecule has 0 spiro atoms. The number of aliphatic hydroxyl groups is 1. The fourth-order valence-corrected chi connectivity index (χ4v) is 3.59. The van der Waals surface area contributed by atoms with E-state index in [4.69, 9.17) is 16.3 Å². The lowest BCUT2D eigenvalue weighted by atomic mass is 10.00. The van der Waals surface area contributed by atoms with Crippen molar-refractivity contribution in [2.45, 2.75) is 32.2 Å². The largest absolute Gasteiger partial charge is 0.509 e. The molecule has 0 aliphatic carbocycles. The first-order valence-electron chi connectivity index (χ1n) is 7.13. The summed E-state index contributed by atoms with van der Waals surface area (Å²) in [6.45, 7) is 2.59. The first-order valence-corrected chi connectivity index (χ1v) is 7.51. The van der Waals surface area contributed by atoms with Gasteiger partial charge < -0.3 is 14.7 Å². The van der Waals surface area contributed by atoms with Gasteiger partial charge in [0, 0.05) is 6.54 Å². The Bertz CT molecular complexity index is 639. The minimum atomic E-state index is -0.205. The maximum absolute atomic E-state index is 12.6. The molecule has 112 valence electrons. The number of methoxy groups -OCH3 is 1. The van der Waals surface area contributed by atoms with Crippen molar-refractivity contribution in [2.75, 3.05) is 13.7 Å². The van der Waals surface area contributed by atoms with E-state index in [2.05, 4.69) is 0 Å². The zero-order valence-corrected chi connectivity index (χ0v) is 12.9. The molecule has 0 radical (unpaired) electrons. The number of piperidine rings is 1. The van der Waals surface area contributed by atoms with Crippen LogP contribution in [0.2, 0.25) is 5.02 Å². The van der Waals surface area contributed by atoms with Crippen LogP contribution in [0.4, 0.5) is 0 Å². The summed E-state index contributed by atoms with van der Waals surface area (Å²) in [7, 11) is 1.54. The normalized spacial score (nSPS) is 21.8. The number of halogens is 1. The minimum absolute atomic E-state index is 0.128. The average Bonchev–Trinajstić information content (AvgIpc) is 2.71. The zero-order valence-electron chi connectivity index (χ0n) is 12.1. The van der Waals surface area contributed by atoms with Gasteiger partial charge in [-0.1, -0.05) is 11.6 Å². The fraction of sp³-hybridized carbons (Fsp3) is 0.438. The Hall–Kier alpha value is -1.68. The van der Waals surface area contributed by atoms with E-state index < -0.39 is 0 Å². The topological polar surface area (TPSA) is 49.8 Å². The number of amides is 1. The molecule has 2 aliphatic rings. The number of ether oxygens (including phenoxy) is 1. The van der Waals surface area contributed by atoms with Gasteiger partial charge in [0.1, 0.15) is 11.5 Å². The molecular weight excluding hydrogens is 290 g/mol. The second-order valence-corrected chi connectivity index (χ2v) is 6.00. The molecule has 21 heavy (non-hydrogen) atoms. The number of benzene rings is 1. The van der Waals surface area contributed by atoms with E-state index in [9.17, 15) is 9.90 Å². The molecule has 1 saturated heterocycles. The predicted molar refractivity (Wildman–Crippen MR) is 81.6 cm³/mol. The maximum Gasteiger partial charge on any atom is 0.258 e. The van der Waals surface area contributed by atoms with Crippen molar-refractivity contribution in [3.63, 3.8) is 0 Å². The smallest absolute Gasteiger partial charge is 0.258 e. The Balaban J connectivity index is 2.16. The molecular formula is C16H18ClNO3. The van der Waals surface area contributed by atoms with Gasteiger partial charge in [-0.25, -0.2) is 0 Å². The van der Waals surface area contributed by atoms with Crippen LogP contribution < -0.4 is 4.74 Å². The van der Waals surface area contributed by atoms with E-state index in [0.717, 1.165) is 24.8 Å². The third-order valence-electron chi connectivity index (χ3n) is 4.22. The number of nitrogens with zero attached hydrogens (tertiary/aromatic N) is 1. The number of rotatable bonds is 2. The fourth-order valence-electron chi connectivity index (χ4n) is 3.23. The van der Waals surface area contributed by atoms with Crippen LogP contribution in [0.1, 0.15) is 30.4 Å². The molecule has 0 aromatic heterocycles. The molecule has 1 atom stereocenters. The number of carbonyl (C=O) groups is 1. The number of aryl methyl sites for hydroxylation is 1. The summed E-state index contributed by atoms with van der Waals surface area (Å²) in [5, 5.41) is 11.0. The van der Waals surface area contributed by atoms with E-state index in [1.54, 1.807) is 18.1 Å². The van der Waals surface area contributed by atoms with Crippen molar-refractivity contribution in [1.29, 1.82) is 0 Å². The lowest BCUT2D eigenvalue weighted by molar-refractivity contribution is -0.126. The van der Waals surface area contributed by atoms with Crippen molar-refractivity contribution in [1.82, 2.24) is 4.90 Å². The van der Waals surface area contributed by atoms with Gasteiger partial charge in [-0.2, -0.15) is 0 Å². The zero-order chi connectivity index (χ0) is 15.1. The minimum Gasteiger partial charge on any atom is -0.509 e. The summed E-state index contributed by atoms with van der Waals surface area (Å²) < 4.78 is 5.37.